The summed E-state index contributed by atoms with van der Waals surface area (Å²) in [6.07, 6.45) is 6.97. The van der Waals surface area contributed by atoms with E-state index >= 15 is 0 Å². The van der Waals surface area contributed by atoms with Crippen molar-refractivity contribution in [1.82, 2.24) is 24.8 Å². The molecule has 2 amide bonds. The number of rotatable bonds is 9. The summed E-state index contributed by atoms with van der Waals surface area (Å²) in [5.41, 5.74) is 6.28. The predicted molar refractivity (Wildman–Crippen MR) is 137 cm³/mol. The maximum atomic E-state index is 12.9. The fourth-order valence-corrected chi connectivity index (χ4v) is 4.75. The van der Waals surface area contributed by atoms with Crippen molar-refractivity contribution in [2.24, 2.45) is 11.7 Å². The topological polar surface area (TPSA) is 133 Å². The van der Waals surface area contributed by atoms with Crippen molar-refractivity contribution in [2.75, 3.05) is 39.5 Å². The quantitative estimate of drug-likeness (QED) is 0.486. The predicted octanol–water partition coefficient (Wildman–Crippen LogP) is 2.58. The molecule has 2 aromatic heterocycles. The molecule has 3 heterocycles. The first-order valence-electron chi connectivity index (χ1n) is 13.3. The van der Waals surface area contributed by atoms with Crippen LogP contribution in [0.2, 0.25) is 0 Å². The van der Waals surface area contributed by atoms with Crippen molar-refractivity contribution in [3.8, 4) is 0 Å². The van der Waals surface area contributed by atoms with E-state index in [1.165, 1.54) is 38.5 Å². The minimum absolute atomic E-state index is 0.0323. The minimum atomic E-state index is -1.07. The Bertz CT molecular complexity index is 1040. The van der Waals surface area contributed by atoms with Crippen molar-refractivity contribution < 1.29 is 23.8 Å². The number of amides is 2. The smallest absolute Gasteiger partial charge is 0.410 e. The molecule has 2 fully saturated rings. The molecule has 1 aliphatic carbocycles. The van der Waals surface area contributed by atoms with Crippen LogP contribution >= 0.6 is 0 Å². The highest BCUT2D eigenvalue weighted by atomic mass is 16.6. The average molecular weight is 517 g/mol. The monoisotopic (exact) mass is 516 g/mol. The molecule has 1 atom stereocenters. The highest BCUT2D eigenvalue weighted by Crippen LogP contribution is 2.24. The third kappa shape index (κ3) is 7.39. The van der Waals surface area contributed by atoms with Crippen molar-refractivity contribution in [2.45, 2.75) is 70.6 Å². The Balaban J connectivity index is 1.51. The van der Waals surface area contributed by atoms with Crippen LogP contribution in [0.5, 0.6) is 0 Å². The second-order valence-electron chi connectivity index (χ2n) is 10.6. The van der Waals surface area contributed by atoms with Gasteiger partial charge in [-0.25, -0.2) is 4.79 Å². The third-order valence-corrected chi connectivity index (χ3v) is 6.96. The van der Waals surface area contributed by atoms with Gasteiger partial charge in [-0.15, -0.1) is 10.2 Å². The number of morpholine rings is 1. The molecule has 1 aliphatic heterocycles. The highest BCUT2D eigenvalue weighted by Gasteiger charge is 2.29. The number of nitrogens with one attached hydrogen (secondary N) is 1. The number of hydrogen-bond donors (Lipinski definition) is 2. The number of carbonyl (C=O) groups excluding carboxylic acids is 2. The van der Waals surface area contributed by atoms with Gasteiger partial charge < -0.3 is 30.2 Å². The van der Waals surface area contributed by atoms with Crippen LogP contribution in [0, 0.1) is 5.92 Å². The Hall–Kier alpha value is -2.76. The van der Waals surface area contributed by atoms with Gasteiger partial charge in [-0.3, -0.25) is 9.20 Å². The summed E-state index contributed by atoms with van der Waals surface area (Å²) in [6.45, 7) is 6.23. The van der Waals surface area contributed by atoms with Crippen LogP contribution in [-0.4, -0.2) is 76.6 Å². The SMILES string of the molecule is CC(C)(N)C(=O)N[C@H](COCC1CCCCCC1)c1nnc2cccc(COC(=O)N3CCOCC3)n12. The molecule has 204 valence electrons. The van der Waals surface area contributed by atoms with Gasteiger partial charge in [0, 0.05) is 19.7 Å². The molecule has 3 N–H and O–H groups in total. The zero-order valence-corrected chi connectivity index (χ0v) is 22.0. The van der Waals surface area contributed by atoms with E-state index in [4.69, 9.17) is 19.9 Å². The molecule has 0 unspecified atom stereocenters. The molecule has 2 aromatic rings. The molecule has 37 heavy (non-hydrogen) atoms. The van der Waals surface area contributed by atoms with Crippen LogP contribution in [0.3, 0.4) is 0 Å². The lowest BCUT2D eigenvalue weighted by Crippen LogP contribution is -2.51. The molecule has 0 bridgehead atoms. The fourth-order valence-electron chi connectivity index (χ4n) is 4.75. The first-order valence-corrected chi connectivity index (χ1v) is 13.3. The summed E-state index contributed by atoms with van der Waals surface area (Å²) < 4.78 is 18.9. The molecule has 2 aliphatic rings. The lowest BCUT2D eigenvalue weighted by Gasteiger charge is -2.26. The Morgan fingerprint density at radius 2 is 1.89 bits per heavy atom. The minimum Gasteiger partial charge on any atom is -0.443 e. The van der Waals surface area contributed by atoms with Gasteiger partial charge in [0.1, 0.15) is 12.6 Å². The second kappa shape index (κ2) is 12.7. The summed E-state index contributed by atoms with van der Waals surface area (Å²) in [6, 6.07) is 4.93. The van der Waals surface area contributed by atoms with E-state index in [-0.39, 0.29) is 19.1 Å². The van der Waals surface area contributed by atoms with E-state index < -0.39 is 17.7 Å². The Morgan fingerprint density at radius 3 is 2.59 bits per heavy atom. The van der Waals surface area contributed by atoms with E-state index in [0.717, 1.165) is 0 Å². The lowest BCUT2D eigenvalue weighted by atomic mass is 10.0. The molecule has 0 spiro atoms. The standard InChI is InChI=1S/C26H40N6O5/c1-26(2,27)24(33)28-21(18-36-16-19-8-5-3-4-6-9-19)23-30-29-22-11-7-10-20(32(22)23)17-37-25(34)31-12-14-35-15-13-31/h7,10-11,19,21H,3-6,8-9,12-18,27H2,1-2H3,(H,28,33)/t21-/m1/s1. The van der Waals surface area contributed by atoms with Crippen LogP contribution in [0.1, 0.15) is 69.9 Å². The van der Waals surface area contributed by atoms with E-state index in [9.17, 15) is 9.59 Å². The maximum Gasteiger partial charge on any atom is 0.410 e. The van der Waals surface area contributed by atoms with Crippen LogP contribution in [-0.2, 0) is 25.6 Å². The number of hydrogen-bond acceptors (Lipinski definition) is 8. The number of carbonyl (C=O) groups is 2. The van der Waals surface area contributed by atoms with Crippen LogP contribution in [0.4, 0.5) is 4.79 Å². The number of fused-ring (bicyclic) bond motifs is 1. The number of ether oxygens (including phenoxy) is 3. The molecule has 0 radical (unpaired) electrons. The molecule has 11 heteroatoms. The summed E-state index contributed by atoms with van der Waals surface area (Å²) >= 11 is 0. The Morgan fingerprint density at radius 1 is 1.16 bits per heavy atom. The van der Waals surface area contributed by atoms with E-state index in [0.29, 0.717) is 56.0 Å². The van der Waals surface area contributed by atoms with Gasteiger partial charge in [-0.2, -0.15) is 0 Å². The first-order chi connectivity index (χ1) is 17.8. The highest BCUT2D eigenvalue weighted by molar-refractivity contribution is 5.85. The van der Waals surface area contributed by atoms with Crippen molar-refractivity contribution >= 4 is 17.6 Å². The van der Waals surface area contributed by atoms with E-state index in [1.807, 2.05) is 22.6 Å². The molecular formula is C26H40N6O5. The number of nitrogens with zero attached hydrogens (tertiary/aromatic N) is 4. The lowest BCUT2D eigenvalue weighted by molar-refractivity contribution is -0.126. The summed E-state index contributed by atoms with van der Waals surface area (Å²) in [5, 5.41) is 11.7. The van der Waals surface area contributed by atoms with Crippen LogP contribution in [0.25, 0.3) is 5.65 Å². The Kier molecular flexibility index (Phi) is 9.33. The molecule has 0 aromatic carbocycles. The number of aromatic nitrogens is 3. The maximum absolute atomic E-state index is 12.9. The van der Waals surface area contributed by atoms with Gasteiger partial charge in [-0.05, 0) is 44.7 Å². The van der Waals surface area contributed by atoms with Gasteiger partial charge in [-0.1, -0.05) is 31.7 Å². The largest absolute Gasteiger partial charge is 0.443 e. The average Bonchev–Trinajstić information content (AvgIpc) is 3.15. The fraction of sp³-hybridized carbons (Fsp3) is 0.692. The molecule has 1 saturated heterocycles. The zero-order valence-electron chi connectivity index (χ0n) is 22.0. The van der Waals surface area contributed by atoms with Gasteiger partial charge >= 0.3 is 6.09 Å². The van der Waals surface area contributed by atoms with Gasteiger partial charge in [0.25, 0.3) is 0 Å². The van der Waals surface area contributed by atoms with Crippen molar-refractivity contribution in [1.29, 1.82) is 0 Å². The van der Waals surface area contributed by atoms with E-state index in [1.54, 1.807) is 18.7 Å². The van der Waals surface area contributed by atoms with Crippen LogP contribution < -0.4 is 11.1 Å². The summed E-state index contributed by atoms with van der Waals surface area (Å²) in [4.78, 5) is 27.0. The first kappa shape index (κ1) is 27.3. The molecule has 11 nitrogen and oxygen atoms in total. The normalized spacial score (nSPS) is 18.4. The van der Waals surface area contributed by atoms with E-state index in [2.05, 4.69) is 15.5 Å². The van der Waals surface area contributed by atoms with Crippen LogP contribution in [0.15, 0.2) is 18.2 Å². The van der Waals surface area contributed by atoms with Gasteiger partial charge in [0.2, 0.25) is 5.91 Å². The van der Waals surface area contributed by atoms with Gasteiger partial charge in [0.05, 0.1) is 31.1 Å². The zero-order chi connectivity index (χ0) is 26.3. The third-order valence-electron chi connectivity index (χ3n) is 6.96. The summed E-state index contributed by atoms with van der Waals surface area (Å²) in [7, 11) is 0. The molecule has 1 saturated carbocycles. The second-order valence-corrected chi connectivity index (χ2v) is 10.6. The molecular weight excluding hydrogens is 476 g/mol. The van der Waals surface area contributed by atoms with Gasteiger partial charge in [0.15, 0.2) is 11.5 Å². The Labute approximate surface area is 218 Å². The summed E-state index contributed by atoms with van der Waals surface area (Å²) in [5.74, 6) is 0.713. The molecule has 4 rings (SSSR count). The number of pyridine rings is 1. The van der Waals surface area contributed by atoms with Crippen molar-refractivity contribution in [3.63, 3.8) is 0 Å². The van der Waals surface area contributed by atoms with Crippen molar-refractivity contribution in [3.05, 3.63) is 29.7 Å². The number of nitrogens with two attached hydrogens (primary N) is 1.